The highest BCUT2D eigenvalue weighted by molar-refractivity contribution is 6.10. The summed E-state index contributed by atoms with van der Waals surface area (Å²) in [6.07, 6.45) is 2.67. The summed E-state index contributed by atoms with van der Waals surface area (Å²) in [4.78, 5) is 42.7. The van der Waals surface area contributed by atoms with Gasteiger partial charge in [-0.05, 0) is 31.9 Å². The van der Waals surface area contributed by atoms with Crippen LogP contribution in [0.2, 0.25) is 0 Å². The molecule has 3 N–H and O–H groups in total. The highest BCUT2D eigenvalue weighted by atomic mass is 35.5. The number of carbonyl (C=O) groups excluding carboxylic acids is 3. The lowest BCUT2D eigenvalue weighted by Gasteiger charge is -2.23. The van der Waals surface area contributed by atoms with Crippen LogP contribution in [0.3, 0.4) is 0 Å². The topological polar surface area (TPSA) is 115 Å². The molecule has 0 aromatic carbocycles. The van der Waals surface area contributed by atoms with Gasteiger partial charge in [0.15, 0.2) is 0 Å². The number of amides is 3. The number of ether oxygens (including phenoxy) is 1. The number of nitrogen functional groups attached to an aromatic ring is 1. The molecule has 0 aliphatic carbocycles. The van der Waals surface area contributed by atoms with Gasteiger partial charge in [0.25, 0.3) is 0 Å². The number of carbonyl (C=O) groups is 3. The number of rotatable bonds is 3. The quantitative estimate of drug-likeness (QED) is 0.756. The van der Waals surface area contributed by atoms with Crippen molar-refractivity contribution in [3.8, 4) is 0 Å². The number of nitrogens with zero attached hydrogens (tertiary/aromatic N) is 2. The van der Waals surface area contributed by atoms with Crippen molar-refractivity contribution in [2.45, 2.75) is 38.0 Å². The van der Waals surface area contributed by atoms with Crippen LogP contribution in [0.25, 0.3) is 0 Å². The number of nitrogens with one attached hydrogen (secondary N) is 1. The van der Waals surface area contributed by atoms with Gasteiger partial charge in [0.05, 0.1) is 35.9 Å². The molecule has 25 heavy (non-hydrogen) atoms. The Kier molecular flexibility index (Phi) is 4.42. The van der Waals surface area contributed by atoms with Gasteiger partial charge in [-0.3, -0.25) is 19.3 Å². The first-order valence-electron chi connectivity index (χ1n) is 8.02. The van der Waals surface area contributed by atoms with Gasteiger partial charge in [-0.25, -0.2) is 4.98 Å². The number of halogens is 1. The molecular formula is C16H19ClN4O4. The Labute approximate surface area is 150 Å². The number of nitrogens with two attached hydrogens (primary N) is 1. The maximum atomic E-state index is 12.6. The minimum absolute atomic E-state index is 0. The van der Waals surface area contributed by atoms with Crippen LogP contribution in [-0.4, -0.2) is 45.9 Å². The summed E-state index contributed by atoms with van der Waals surface area (Å²) in [5.41, 5.74) is 5.97. The molecule has 8 nitrogen and oxygen atoms in total. The van der Waals surface area contributed by atoms with E-state index in [0.29, 0.717) is 11.5 Å². The van der Waals surface area contributed by atoms with Gasteiger partial charge >= 0.3 is 0 Å². The molecule has 3 saturated heterocycles. The average molecular weight is 367 g/mol. The molecule has 3 aliphatic heterocycles. The van der Waals surface area contributed by atoms with Crippen LogP contribution in [0, 0.1) is 11.8 Å². The third kappa shape index (κ3) is 2.65. The van der Waals surface area contributed by atoms with E-state index >= 15 is 0 Å². The zero-order valence-electron chi connectivity index (χ0n) is 13.5. The summed E-state index contributed by atoms with van der Waals surface area (Å²) in [5.74, 6) is -1.54. The maximum Gasteiger partial charge on any atom is 0.247 e. The molecule has 3 amide bonds. The summed E-state index contributed by atoms with van der Waals surface area (Å²) < 4.78 is 5.69. The predicted molar refractivity (Wildman–Crippen MR) is 90.7 cm³/mol. The molecule has 0 spiro atoms. The lowest BCUT2D eigenvalue weighted by Crippen LogP contribution is -2.47. The SMILES string of the molecule is CC(C(=O)Nc1ccc(N)nc1)N1C(=O)C2C3CCC(O3)C2C1=O.Cl. The number of aromatic nitrogens is 1. The Hall–Kier alpha value is -2.19. The van der Waals surface area contributed by atoms with E-state index in [2.05, 4.69) is 10.3 Å². The zero-order chi connectivity index (χ0) is 17.0. The van der Waals surface area contributed by atoms with E-state index in [0.717, 1.165) is 17.7 Å². The van der Waals surface area contributed by atoms with E-state index in [1.165, 1.54) is 6.20 Å². The molecule has 4 heterocycles. The van der Waals surface area contributed by atoms with E-state index < -0.39 is 23.8 Å². The van der Waals surface area contributed by atoms with Gasteiger partial charge in [0.1, 0.15) is 11.9 Å². The van der Waals surface area contributed by atoms with Gasteiger partial charge in [-0.1, -0.05) is 0 Å². The van der Waals surface area contributed by atoms with Crippen LogP contribution in [0.4, 0.5) is 11.5 Å². The van der Waals surface area contributed by atoms with Crippen molar-refractivity contribution in [1.29, 1.82) is 0 Å². The fraction of sp³-hybridized carbons (Fsp3) is 0.500. The van der Waals surface area contributed by atoms with Gasteiger partial charge < -0.3 is 15.8 Å². The summed E-state index contributed by atoms with van der Waals surface area (Å²) in [7, 11) is 0. The van der Waals surface area contributed by atoms with Crippen LogP contribution in [0.15, 0.2) is 18.3 Å². The van der Waals surface area contributed by atoms with E-state index in [1.54, 1.807) is 19.1 Å². The highest BCUT2D eigenvalue weighted by Gasteiger charge is 2.63. The molecule has 4 rings (SSSR count). The maximum absolute atomic E-state index is 12.6. The van der Waals surface area contributed by atoms with Crippen LogP contribution < -0.4 is 11.1 Å². The fourth-order valence-corrected chi connectivity index (χ4v) is 3.96. The van der Waals surface area contributed by atoms with E-state index in [1.807, 2.05) is 0 Å². The molecule has 1 aromatic heterocycles. The third-order valence-corrected chi connectivity index (χ3v) is 5.14. The number of pyridine rings is 1. The van der Waals surface area contributed by atoms with Crippen LogP contribution in [0.5, 0.6) is 0 Å². The summed E-state index contributed by atoms with van der Waals surface area (Å²) >= 11 is 0. The first-order chi connectivity index (χ1) is 11.5. The Morgan fingerprint density at radius 2 is 1.88 bits per heavy atom. The molecule has 3 fully saturated rings. The van der Waals surface area contributed by atoms with Crippen molar-refractivity contribution in [2.24, 2.45) is 11.8 Å². The standard InChI is InChI=1S/C16H18N4O4.ClH/c1-7(14(21)19-8-2-5-11(17)18-6-8)20-15(22)12-9-3-4-10(24-9)13(12)16(20)23;/h2,5-7,9-10,12-13H,3-4H2,1H3,(H2,17,18)(H,19,21);1H. The van der Waals surface area contributed by atoms with Crippen molar-refractivity contribution in [3.63, 3.8) is 0 Å². The molecular weight excluding hydrogens is 348 g/mol. The monoisotopic (exact) mass is 366 g/mol. The first-order valence-corrected chi connectivity index (χ1v) is 8.02. The molecule has 134 valence electrons. The minimum Gasteiger partial charge on any atom is -0.384 e. The second-order valence-corrected chi connectivity index (χ2v) is 6.53. The van der Waals surface area contributed by atoms with E-state index in [4.69, 9.17) is 10.5 Å². The first kappa shape index (κ1) is 17.6. The van der Waals surface area contributed by atoms with E-state index in [-0.39, 0.29) is 36.4 Å². The molecule has 1 aromatic rings. The van der Waals surface area contributed by atoms with Crippen LogP contribution >= 0.6 is 12.4 Å². The number of hydrogen-bond donors (Lipinski definition) is 2. The lowest BCUT2D eigenvalue weighted by atomic mass is 9.81. The highest BCUT2D eigenvalue weighted by Crippen LogP contribution is 2.48. The largest absolute Gasteiger partial charge is 0.384 e. The Morgan fingerprint density at radius 1 is 1.28 bits per heavy atom. The molecule has 0 saturated carbocycles. The number of imide groups is 1. The van der Waals surface area contributed by atoms with Crippen LogP contribution in [-0.2, 0) is 19.1 Å². The average Bonchev–Trinajstić information content (AvgIpc) is 3.23. The second kappa shape index (κ2) is 6.27. The number of hydrogen-bond acceptors (Lipinski definition) is 6. The number of fused-ring (bicyclic) bond motifs is 5. The molecule has 2 bridgehead atoms. The summed E-state index contributed by atoms with van der Waals surface area (Å²) in [5, 5.41) is 2.66. The van der Waals surface area contributed by atoms with Crippen molar-refractivity contribution in [2.75, 3.05) is 11.1 Å². The molecule has 9 heteroatoms. The molecule has 0 radical (unpaired) electrons. The molecule has 5 atom stereocenters. The summed E-state index contributed by atoms with van der Waals surface area (Å²) in [6, 6.07) is 2.29. The molecule has 5 unspecified atom stereocenters. The smallest absolute Gasteiger partial charge is 0.247 e. The number of likely N-dealkylation sites (tertiary alicyclic amines) is 1. The van der Waals surface area contributed by atoms with E-state index in [9.17, 15) is 14.4 Å². The van der Waals surface area contributed by atoms with Crippen molar-refractivity contribution < 1.29 is 19.1 Å². The van der Waals surface area contributed by atoms with Crippen molar-refractivity contribution in [3.05, 3.63) is 18.3 Å². The fourth-order valence-electron chi connectivity index (χ4n) is 3.96. The normalized spacial score (nSPS) is 30.8. The van der Waals surface area contributed by atoms with Crippen molar-refractivity contribution >= 4 is 41.6 Å². The minimum atomic E-state index is -0.882. The molecule has 3 aliphatic rings. The third-order valence-electron chi connectivity index (χ3n) is 5.14. The zero-order valence-corrected chi connectivity index (χ0v) is 14.4. The predicted octanol–water partition coefficient (Wildman–Crippen LogP) is 0.575. The van der Waals surface area contributed by atoms with Gasteiger partial charge in [-0.2, -0.15) is 0 Å². The van der Waals surface area contributed by atoms with Gasteiger partial charge in [0, 0.05) is 0 Å². The number of anilines is 2. The van der Waals surface area contributed by atoms with Crippen LogP contribution in [0.1, 0.15) is 19.8 Å². The Balaban J connectivity index is 0.00000182. The Morgan fingerprint density at radius 3 is 2.40 bits per heavy atom. The van der Waals surface area contributed by atoms with Crippen molar-refractivity contribution in [1.82, 2.24) is 9.88 Å². The second-order valence-electron chi connectivity index (χ2n) is 6.53. The van der Waals surface area contributed by atoms with Gasteiger partial charge in [-0.15, -0.1) is 12.4 Å². The van der Waals surface area contributed by atoms with Gasteiger partial charge in [0.2, 0.25) is 17.7 Å². The Bertz CT molecular complexity index is 697. The summed E-state index contributed by atoms with van der Waals surface area (Å²) in [6.45, 7) is 1.56. The lowest BCUT2D eigenvalue weighted by molar-refractivity contribution is -0.148.